The van der Waals surface area contributed by atoms with Gasteiger partial charge in [-0.05, 0) is 52.3 Å². The molecule has 0 aliphatic rings. The first-order valence-electron chi connectivity index (χ1n) is 7.91. The summed E-state index contributed by atoms with van der Waals surface area (Å²) >= 11 is 5.31. The molecule has 0 bridgehead atoms. The molecule has 0 aliphatic carbocycles. The van der Waals surface area contributed by atoms with Gasteiger partial charge in [0.1, 0.15) is 12.4 Å². The lowest BCUT2D eigenvalue weighted by atomic mass is 10.0. The van der Waals surface area contributed by atoms with Gasteiger partial charge in [0.25, 0.3) is 0 Å². The number of halogens is 1. The van der Waals surface area contributed by atoms with Crippen LogP contribution in [-0.4, -0.2) is 7.05 Å². The van der Waals surface area contributed by atoms with Crippen molar-refractivity contribution in [2.45, 2.75) is 19.1 Å². The van der Waals surface area contributed by atoms with Gasteiger partial charge in [-0.15, -0.1) is 11.3 Å². The van der Waals surface area contributed by atoms with Crippen molar-refractivity contribution < 1.29 is 4.74 Å². The molecule has 0 saturated carbocycles. The fourth-order valence-corrected chi connectivity index (χ4v) is 4.11. The average molecular weight is 402 g/mol. The van der Waals surface area contributed by atoms with E-state index in [9.17, 15) is 0 Å². The molecule has 3 aromatic rings. The number of rotatable bonds is 7. The predicted octanol–water partition coefficient (Wildman–Crippen LogP) is 5.59. The number of hydrogen-bond donors (Lipinski definition) is 1. The quantitative estimate of drug-likeness (QED) is 0.556. The SMILES string of the molecule is CNC(Cc1cc(Br)cs1)c1cccc(OCc2ccccc2)c1. The van der Waals surface area contributed by atoms with E-state index in [2.05, 4.69) is 63.0 Å². The number of nitrogens with one attached hydrogen (secondary N) is 1. The highest BCUT2D eigenvalue weighted by Gasteiger charge is 2.12. The summed E-state index contributed by atoms with van der Waals surface area (Å²) in [4.78, 5) is 1.36. The molecule has 1 atom stereocenters. The topological polar surface area (TPSA) is 21.3 Å². The van der Waals surface area contributed by atoms with Crippen LogP contribution in [0.1, 0.15) is 22.0 Å². The highest BCUT2D eigenvalue weighted by molar-refractivity contribution is 9.10. The van der Waals surface area contributed by atoms with Crippen LogP contribution in [0.25, 0.3) is 0 Å². The summed E-state index contributed by atoms with van der Waals surface area (Å²) < 4.78 is 7.10. The standard InChI is InChI=1S/C20H20BrNOS/c1-22-20(12-19-11-17(21)14-24-19)16-8-5-9-18(10-16)23-13-15-6-3-2-4-7-15/h2-11,14,20,22H,12-13H2,1H3. The largest absolute Gasteiger partial charge is 0.489 e. The van der Waals surface area contributed by atoms with Crippen LogP contribution in [0.15, 0.2) is 70.5 Å². The fraction of sp³-hybridized carbons (Fsp3) is 0.200. The van der Waals surface area contributed by atoms with Gasteiger partial charge in [0.15, 0.2) is 0 Å². The lowest BCUT2D eigenvalue weighted by Crippen LogP contribution is -2.18. The Labute approximate surface area is 155 Å². The van der Waals surface area contributed by atoms with Gasteiger partial charge < -0.3 is 10.1 Å². The van der Waals surface area contributed by atoms with Crippen molar-refractivity contribution in [1.82, 2.24) is 5.32 Å². The number of ether oxygens (including phenoxy) is 1. The van der Waals surface area contributed by atoms with Crippen LogP contribution < -0.4 is 10.1 Å². The molecule has 24 heavy (non-hydrogen) atoms. The number of benzene rings is 2. The van der Waals surface area contributed by atoms with Crippen LogP contribution in [0.5, 0.6) is 5.75 Å². The third kappa shape index (κ3) is 4.69. The van der Waals surface area contributed by atoms with E-state index in [1.807, 2.05) is 31.3 Å². The zero-order chi connectivity index (χ0) is 16.8. The second-order valence-corrected chi connectivity index (χ2v) is 7.53. The maximum absolute atomic E-state index is 5.95. The van der Waals surface area contributed by atoms with Crippen molar-refractivity contribution in [3.63, 3.8) is 0 Å². The molecule has 1 unspecified atom stereocenters. The highest BCUT2D eigenvalue weighted by atomic mass is 79.9. The van der Waals surface area contributed by atoms with Crippen LogP contribution in [0.3, 0.4) is 0 Å². The van der Waals surface area contributed by atoms with Gasteiger partial charge in [-0.1, -0.05) is 42.5 Å². The Balaban J connectivity index is 1.68. The second-order valence-electron chi connectivity index (χ2n) is 5.62. The van der Waals surface area contributed by atoms with Gasteiger partial charge in [-0.3, -0.25) is 0 Å². The molecule has 0 spiro atoms. The van der Waals surface area contributed by atoms with Gasteiger partial charge in [-0.25, -0.2) is 0 Å². The Kier molecular flexibility index (Phi) is 6.07. The molecule has 1 N–H and O–H groups in total. The minimum Gasteiger partial charge on any atom is -0.489 e. The van der Waals surface area contributed by atoms with Gasteiger partial charge in [0.2, 0.25) is 0 Å². The van der Waals surface area contributed by atoms with Gasteiger partial charge in [0, 0.05) is 27.2 Å². The number of likely N-dealkylation sites (N-methyl/N-ethyl adjacent to an activating group) is 1. The van der Waals surface area contributed by atoms with Crippen LogP contribution in [-0.2, 0) is 13.0 Å². The van der Waals surface area contributed by atoms with Crippen LogP contribution >= 0.6 is 27.3 Å². The number of hydrogen-bond acceptors (Lipinski definition) is 3. The first-order chi connectivity index (χ1) is 11.7. The molecule has 0 saturated heterocycles. The molecule has 1 aromatic heterocycles. The van der Waals surface area contributed by atoms with Gasteiger partial charge in [0.05, 0.1) is 0 Å². The van der Waals surface area contributed by atoms with E-state index in [0.717, 1.165) is 16.6 Å². The summed E-state index contributed by atoms with van der Waals surface area (Å²) in [7, 11) is 2.00. The molecule has 4 heteroatoms. The smallest absolute Gasteiger partial charge is 0.120 e. The summed E-state index contributed by atoms with van der Waals surface area (Å²) in [5.74, 6) is 0.906. The monoisotopic (exact) mass is 401 g/mol. The van der Waals surface area contributed by atoms with Crippen LogP contribution in [0.2, 0.25) is 0 Å². The lowest BCUT2D eigenvalue weighted by molar-refractivity contribution is 0.305. The van der Waals surface area contributed by atoms with E-state index in [1.165, 1.54) is 16.0 Å². The molecule has 0 amide bonds. The van der Waals surface area contributed by atoms with Gasteiger partial charge >= 0.3 is 0 Å². The minimum atomic E-state index is 0.274. The van der Waals surface area contributed by atoms with E-state index in [4.69, 9.17) is 4.74 Å². The van der Waals surface area contributed by atoms with Crippen molar-refractivity contribution >= 4 is 27.3 Å². The summed E-state index contributed by atoms with van der Waals surface area (Å²) in [5.41, 5.74) is 2.42. The molecular weight excluding hydrogens is 382 g/mol. The lowest BCUT2D eigenvalue weighted by Gasteiger charge is -2.17. The van der Waals surface area contributed by atoms with E-state index in [-0.39, 0.29) is 6.04 Å². The van der Waals surface area contributed by atoms with E-state index < -0.39 is 0 Å². The van der Waals surface area contributed by atoms with Crippen molar-refractivity contribution in [2.24, 2.45) is 0 Å². The Morgan fingerprint density at radius 3 is 2.62 bits per heavy atom. The zero-order valence-corrected chi connectivity index (χ0v) is 15.9. The molecule has 1 heterocycles. The normalized spacial score (nSPS) is 12.1. The third-order valence-corrected chi connectivity index (χ3v) is 5.60. The molecule has 3 rings (SSSR count). The van der Waals surface area contributed by atoms with E-state index in [1.54, 1.807) is 11.3 Å². The van der Waals surface area contributed by atoms with Gasteiger partial charge in [-0.2, -0.15) is 0 Å². The number of thiophene rings is 1. The van der Waals surface area contributed by atoms with Crippen molar-refractivity contribution in [2.75, 3.05) is 7.05 Å². The molecule has 2 aromatic carbocycles. The van der Waals surface area contributed by atoms with Crippen molar-refractivity contribution in [3.05, 3.63) is 86.5 Å². The minimum absolute atomic E-state index is 0.274. The first kappa shape index (κ1) is 17.2. The molecule has 0 aliphatic heterocycles. The Morgan fingerprint density at radius 1 is 1.08 bits per heavy atom. The first-order valence-corrected chi connectivity index (χ1v) is 9.59. The van der Waals surface area contributed by atoms with Crippen LogP contribution in [0.4, 0.5) is 0 Å². The molecule has 2 nitrogen and oxygen atoms in total. The summed E-state index contributed by atoms with van der Waals surface area (Å²) in [6.45, 7) is 0.590. The summed E-state index contributed by atoms with van der Waals surface area (Å²) in [6, 6.07) is 21.1. The summed E-state index contributed by atoms with van der Waals surface area (Å²) in [5, 5.41) is 5.54. The van der Waals surface area contributed by atoms with E-state index in [0.29, 0.717) is 6.61 Å². The van der Waals surface area contributed by atoms with E-state index >= 15 is 0 Å². The average Bonchev–Trinajstić information content (AvgIpc) is 3.04. The molecular formula is C20H20BrNOS. The van der Waals surface area contributed by atoms with Crippen molar-refractivity contribution in [3.8, 4) is 5.75 Å². The fourth-order valence-electron chi connectivity index (χ4n) is 2.61. The maximum Gasteiger partial charge on any atom is 0.120 e. The Bertz CT molecular complexity index is 772. The molecule has 124 valence electrons. The predicted molar refractivity (Wildman–Crippen MR) is 105 cm³/mol. The highest BCUT2D eigenvalue weighted by Crippen LogP contribution is 2.27. The Hall–Kier alpha value is -1.62. The third-order valence-electron chi connectivity index (χ3n) is 3.88. The van der Waals surface area contributed by atoms with Crippen LogP contribution in [0, 0.1) is 0 Å². The molecule has 0 fully saturated rings. The Morgan fingerprint density at radius 2 is 1.92 bits per heavy atom. The zero-order valence-electron chi connectivity index (χ0n) is 13.5. The second kappa shape index (κ2) is 8.47. The van der Waals surface area contributed by atoms with Crippen molar-refractivity contribution in [1.29, 1.82) is 0 Å². The molecule has 0 radical (unpaired) electrons. The maximum atomic E-state index is 5.95. The summed E-state index contributed by atoms with van der Waals surface area (Å²) in [6.07, 6.45) is 0.967.